The van der Waals surface area contributed by atoms with Crippen molar-refractivity contribution in [1.82, 2.24) is 15.5 Å². The first kappa shape index (κ1) is 20.6. The van der Waals surface area contributed by atoms with E-state index in [4.69, 9.17) is 11.6 Å². The molecule has 7 nitrogen and oxygen atoms in total. The third-order valence-electron chi connectivity index (χ3n) is 5.44. The van der Waals surface area contributed by atoms with E-state index in [9.17, 15) is 14.4 Å². The van der Waals surface area contributed by atoms with Crippen LogP contribution >= 0.6 is 11.6 Å². The molecule has 1 aliphatic carbocycles. The fourth-order valence-electron chi connectivity index (χ4n) is 3.95. The molecule has 8 heteroatoms. The van der Waals surface area contributed by atoms with E-state index in [1.165, 1.54) is 6.42 Å². The van der Waals surface area contributed by atoms with Gasteiger partial charge in [0.1, 0.15) is 0 Å². The van der Waals surface area contributed by atoms with E-state index in [0.29, 0.717) is 23.7 Å². The molecule has 0 bridgehead atoms. The van der Waals surface area contributed by atoms with E-state index in [-0.39, 0.29) is 18.5 Å². The molecule has 1 atom stereocenters. The molecule has 1 aromatic carbocycles. The first-order valence-corrected chi connectivity index (χ1v) is 10.2. The van der Waals surface area contributed by atoms with Crippen molar-refractivity contribution in [2.75, 3.05) is 25.0 Å². The second-order valence-electron chi connectivity index (χ2n) is 7.52. The summed E-state index contributed by atoms with van der Waals surface area (Å²) in [5, 5.41) is 5.75. The third kappa shape index (κ3) is 5.02. The number of nitrogens with zero attached hydrogens (tertiary/aromatic N) is 2. The Labute approximate surface area is 170 Å². The van der Waals surface area contributed by atoms with Gasteiger partial charge in [0.2, 0.25) is 11.8 Å². The lowest BCUT2D eigenvalue weighted by Gasteiger charge is -2.24. The van der Waals surface area contributed by atoms with Gasteiger partial charge in [-0.25, -0.2) is 4.79 Å². The van der Waals surface area contributed by atoms with Crippen LogP contribution in [0.25, 0.3) is 0 Å². The van der Waals surface area contributed by atoms with Crippen LogP contribution in [-0.2, 0) is 9.59 Å². The van der Waals surface area contributed by atoms with Crippen molar-refractivity contribution >= 4 is 35.1 Å². The van der Waals surface area contributed by atoms with Crippen LogP contribution in [0.15, 0.2) is 24.3 Å². The first-order valence-electron chi connectivity index (χ1n) is 9.82. The number of carbonyl (C=O) groups is 3. The number of amides is 4. The molecule has 152 valence electrons. The lowest BCUT2D eigenvalue weighted by atomic mass is 9.96. The second kappa shape index (κ2) is 9.39. The van der Waals surface area contributed by atoms with E-state index in [1.807, 2.05) is 18.2 Å². The summed E-state index contributed by atoms with van der Waals surface area (Å²) in [5.41, 5.74) is 0.682. The SMILES string of the molecule is CN(CC(=O)NC(=O)NC1CCCCC1)C1CCN(c2ccccc2Cl)C1=O. The Balaban J connectivity index is 1.49. The second-order valence-corrected chi connectivity index (χ2v) is 7.92. The Kier molecular flexibility index (Phi) is 6.91. The fraction of sp³-hybridized carbons (Fsp3) is 0.550. The Morgan fingerprint density at radius 1 is 1.18 bits per heavy atom. The molecule has 1 heterocycles. The maximum absolute atomic E-state index is 12.8. The largest absolute Gasteiger partial charge is 0.335 e. The van der Waals surface area contributed by atoms with Gasteiger partial charge in [0.05, 0.1) is 23.3 Å². The van der Waals surface area contributed by atoms with E-state index >= 15 is 0 Å². The van der Waals surface area contributed by atoms with Gasteiger partial charge in [0, 0.05) is 12.6 Å². The third-order valence-corrected chi connectivity index (χ3v) is 5.76. The number of halogens is 1. The molecule has 1 saturated heterocycles. The van der Waals surface area contributed by atoms with Gasteiger partial charge in [0.15, 0.2) is 0 Å². The van der Waals surface area contributed by atoms with Crippen LogP contribution in [0.1, 0.15) is 38.5 Å². The molecule has 0 spiro atoms. The van der Waals surface area contributed by atoms with Crippen LogP contribution in [0.2, 0.25) is 5.02 Å². The van der Waals surface area contributed by atoms with Crippen LogP contribution in [0.5, 0.6) is 0 Å². The number of hydrogen-bond acceptors (Lipinski definition) is 4. The summed E-state index contributed by atoms with van der Waals surface area (Å²) in [6.45, 7) is 0.520. The minimum absolute atomic E-state index is 0.0230. The Bertz CT molecular complexity index is 736. The average Bonchev–Trinajstić information content (AvgIpc) is 3.04. The normalized spacial score (nSPS) is 20.5. The predicted molar refractivity (Wildman–Crippen MR) is 108 cm³/mol. The zero-order valence-corrected chi connectivity index (χ0v) is 16.9. The van der Waals surface area contributed by atoms with Gasteiger partial charge in [0.25, 0.3) is 0 Å². The lowest BCUT2D eigenvalue weighted by Crippen LogP contribution is -2.49. The number of carbonyl (C=O) groups excluding carboxylic acids is 3. The van der Waals surface area contributed by atoms with Crippen LogP contribution in [0.3, 0.4) is 0 Å². The molecule has 4 amide bonds. The van der Waals surface area contributed by atoms with Crippen molar-refractivity contribution < 1.29 is 14.4 Å². The summed E-state index contributed by atoms with van der Waals surface area (Å²) in [4.78, 5) is 40.3. The zero-order valence-electron chi connectivity index (χ0n) is 16.1. The van der Waals surface area contributed by atoms with Crippen LogP contribution in [0.4, 0.5) is 10.5 Å². The van der Waals surface area contributed by atoms with Crippen molar-refractivity contribution in [2.45, 2.75) is 50.6 Å². The van der Waals surface area contributed by atoms with Gasteiger partial charge >= 0.3 is 6.03 Å². The van der Waals surface area contributed by atoms with Gasteiger partial charge in [-0.3, -0.25) is 19.8 Å². The quantitative estimate of drug-likeness (QED) is 0.787. The molecule has 0 radical (unpaired) electrons. The van der Waals surface area contributed by atoms with Crippen LogP contribution < -0.4 is 15.5 Å². The minimum Gasteiger partial charge on any atom is -0.335 e. The fourth-order valence-corrected chi connectivity index (χ4v) is 4.19. The number of anilines is 1. The summed E-state index contributed by atoms with van der Waals surface area (Å²) >= 11 is 6.20. The number of benzene rings is 1. The minimum atomic E-state index is -0.458. The van der Waals surface area contributed by atoms with Gasteiger partial charge in [-0.05, 0) is 38.4 Å². The van der Waals surface area contributed by atoms with Crippen LogP contribution in [0, 0.1) is 0 Å². The molecule has 2 aliphatic rings. The van der Waals surface area contributed by atoms with Gasteiger partial charge in [-0.15, -0.1) is 0 Å². The predicted octanol–water partition coefficient (Wildman–Crippen LogP) is 2.54. The number of likely N-dealkylation sites (N-methyl/N-ethyl adjacent to an activating group) is 1. The monoisotopic (exact) mass is 406 g/mol. The van der Waals surface area contributed by atoms with E-state index < -0.39 is 18.0 Å². The van der Waals surface area contributed by atoms with Crippen molar-refractivity contribution in [2.24, 2.45) is 0 Å². The molecular formula is C20H27ClN4O3. The molecule has 0 aromatic heterocycles. The molecule has 1 aliphatic heterocycles. The molecule has 3 rings (SSSR count). The molecule has 28 heavy (non-hydrogen) atoms. The number of nitrogens with one attached hydrogen (secondary N) is 2. The number of hydrogen-bond donors (Lipinski definition) is 2. The highest BCUT2D eigenvalue weighted by Gasteiger charge is 2.36. The maximum atomic E-state index is 12.8. The summed E-state index contributed by atoms with van der Waals surface area (Å²) in [5.74, 6) is -0.505. The smallest absolute Gasteiger partial charge is 0.321 e. The average molecular weight is 407 g/mol. The summed E-state index contributed by atoms with van der Waals surface area (Å²) in [6.07, 6.45) is 5.92. The number of para-hydroxylation sites is 1. The highest BCUT2D eigenvalue weighted by atomic mass is 35.5. The first-order chi connectivity index (χ1) is 13.5. The highest BCUT2D eigenvalue weighted by molar-refractivity contribution is 6.33. The standard InChI is InChI=1S/C20H27ClN4O3/c1-24(13-18(26)23-20(28)22-14-7-3-2-4-8-14)17-11-12-25(19(17)27)16-10-6-5-9-15(16)21/h5-6,9-10,14,17H,2-4,7-8,11-13H2,1H3,(H2,22,23,26,28). The van der Waals surface area contributed by atoms with Crippen molar-refractivity contribution in [3.63, 3.8) is 0 Å². The number of urea groups is 1. The Morgan fingerprint density at radius 2 is 1.89 bits per heavy atom. The number of rotatable bonds is 5. The molecule has 2 fully saturated rings. The zero-order chi connectivity index (χ0) is 20.1. The van der Waals surface area contributed by atoms with Gasteiger partial charge < -0.3 is 10.2 Å². The van der Waals surface area contributed by atoms with E-state index in [1.54, 1.807) is 22.9 Å². The van der Waals surface area contributed by atoms with Crippen molar-refractivity contribution in [3.8, 4) is 0 Å². The maximum Gasteiger partial charge on any atom is 0.321 e. The Hall–Kier alpha value is -2.12. The summed E-state index contributed by atoms with van der Waals surface area (Å²) in [6, 6.07) is 6.48. The van der Waals surface area contributed by atoms with Crippen molar-refractivity contribution in [1.29, 1.82) is 0 Å². The Morgan fingerprint density at radius 3 is 2.61 bits per heavy atom. The molecule has 1 saturated carbocycles. The van der Waals surface area contributed by atoms with Gasteiger partial charge in [-0.2, -0.15) is 0 Å². The van der Waals surface area contributed by atoms with Crippen molar-refractivity contribution in [3.05, 3.63) is 29.3 Å². The molecule has 1 aromatic rings. The topological polar surface area (TPSA) is 81.8 Å². The lowest BCUT2D eigenvalue weighted by molar-refractivity contribution is -0.124. The van der Waals surface area contributed by atoms with Crippen LogP contribution in [-0.4, -0.2) is 55.0 Å². The highest BCUT2D eigenvalue weighted by Crippen LogP contribution is 2.30. The number of imide groups is 1. The molecular weight excluding hydrogens is 380 g/mol. The summed E-state index contributed by atoms with van der Waals surface area (Å²) < 4.78 is 0. The summed E-state index contributed by atoms with van der Waals surface area (Å²) in [7, 11) is 1.72. The molecule has 2 N–H and O–H groups in total. The van der Waals surface area contributed by atoms with Gasteiger partial charge in [-0.1, -0.05) is 43.0 Å². The van der Waals surface area contributed by atoms with E-state index in [2.05, 4.69) is 10.6 Å². The van der Waals surface area contributed by atoms with E-state index in [0.717, 1.165) is 25.7 Å². The molecule has 1 unspecified atom stereocenters.